The van der Waals surface area contributed by atoms with Crippen molar-refractivity contribution in [2.45, 2.75) is 25.8 Å². The highest BCUT2D eigenvalue weighted by molar-refractivity contribution is 8.12. The lowest BCUT2D eigenvalue weighted by Gasteiger charge is -2.06. The monoisotopic (exact) mass is 174 g/mol. The summed E-state index contributed by atoms with van der Waals surface area (Å²) in [6.45, 7) is 3.81. The number of nitrogens with one attached hydrogen (secondary N) is 2. The van der Waals surface area contributed by atoms with E-state index in [1.54, 1.807) is 0 Å². The number of hydrogen-bond donors (Lipinski definition) is 2. The molecule has 64 valence electrons. The second-order valence-corrected chi connectivity index (χ2v) is 3.46. The number of carbonyl (C=O) groups is 1. The second-order valence-electron chi connectivity index (χ2n) is 2.57. The SMILES string of the molecule is CCNSC(=O)C1CCCN1. The lowest BCUT2D eigenvalue weighted by atomic mass is 10.2. The fourth-order valence-corrected chi connectivity index (χ4v) is 1.73. The lowest BCUT2D eigenvalue weighted by Crippen LogP contribution is -2.30. The summed E-state index contributed by atoms with van der Waals surface area (Å²) in [5, 5.41) is 3.38. The van der Waals surface area contributed by atoms with Crippen molar-refractivity contribution in [3.8, 4) is 0 Å². The molecule has 1 aliphatic heterocycles. The number of rotatable bonds is 3. The summed E-state index contributed by atoms with van der Waals surface area (Å²) in [4.78, 5) is 11.2. The summed E-state index contributed by atoms with van der Waals surface area (Å²) < 4.78 is 2.95. The van der Waals surface area contributed by atoms with Gasteiger partial charge in [0.25, 0.3) is 0 Å². The van der Waals surface area contributed by atoms with E-state index in [0.29, 0.717) is 0 Å². The van der Waals surface area contributed by atoms with E-state index in [1.807, 2.05) is 6.92 Å². The Hall–Kier alpha value is -0.0600. The fraction of sp³-hybridized carbons (Fsp3) is 0.857. The maximum atomic E-state index is 11.2. The van der Waals surface area contributed by atoms with E-state index in [2.05, 4.69) is 10.0 Å². The van der Waals surface area contributed by atoms with E-state index in [9.17, 15) is 4.79 Å². The van der Waals surface area contributed by atoms with Crippen LogP contribution in [0.3, 0.4) is 0 Å². The molecule has 1 rings (SSSR count). The molecule has 0 saturated carbocycles. The van der Waals surface area contributed by atoms with Crippen LogP contribution >= 0.6 is 11.9 Å². The molecule has 1 fully saturated rings. The summed E-state index contributed by atoms with van der Waals surface area (Å²) in [6, 6.07) is 0.0963. The van der Waals surface area contributed by atoms with E-state index in [-0.39, 0.29) is 11.2 Å². The average molecular weight is 174 g/mol. The molecule has 0 aliphatic carbocycles. The molecule has 0 aromatic rings. The van der Waals surface area contributed by atoms with Crippen molar-refractivity contribution < 1.29 is 4.79 Å². The summed E-state index contributed by atoms with van der Waals surface area (Å²) in [7, 11) is 0. The predicted octanol–water partition coefficient (Wildman–Crippen LogP) is 0.523. The minimum atomic E-state index is 0.0963. The van der Waals surface area contributed by atoms with Crippen LogP contribution in [0.25, 0.3) is 0 Å². The Morgan fingerprint density at radius 2 is 2.64 bits per heavy atom. The van der Waals surface area contributed by atoms with Crippen molar-refractivity contribution in [3.63, 3.8) is 0 Å². The van der Waals surface area contributed by atoms with Crippen molar-refractivity contribution in [2.24, 2.45) is 0 Å². The first-order valence-electron chi connectivity index (χ1n) is 4.01. The van der Waals surface area contributed by atoms with Gasteiger partial charge in [-0.3, -0.25) is 9.52 Å². The van der Waals surface area contributed by atoms with E-state index < -0.39 is 0 Å². The number of carbonyl (C=O) groups excluding carboxylic acids is 1. The van der Waals surface area contributed by atoms with Crippen LogP contribution in [0, 0.1) is 0 Å². The van der Waals surface area contributed by atoms with Gasteiger partial charge in [-0.2, -0.15) is 0 Å². The quantitative estimate of drug-likeness (QED) is 0.612. The molecule has 1 aliphatic rings. The highest BCUT2D eigenvalue weighted by Gasteiger charge is 2.21. The van der Waals surface area contributed by atoms with Crippen molar-refractivity contribution in [1.29, 1.82) is 0 Å². The van der Waals surface area contributed by atoms with Crippen LogP contribution in [0.1, 0.15) is 19.8 Å². The molecule has 3 nitrogen and oxygen atoms in total. The lowest BCUT2D eigenvalue weighted by molar-refractivity contribution is -0.112. The predicted molar refractivity (Wildman–Crippen MR) is 47.3 cm³/mol. The molecule has 1 unspecified atom stereocenters. The topological polar surface area (TPSA) is 41.1 Å². The maximum Gasteiger partial charge on any atom is 0.220 e. The molecule has 4 heteroatoms. The molecule has 1 saturated heterocycles. The van der Waals surface area contributed by atoms with Gasteiger partial charge < -0.3 is 5.32 Å². The Bertz CT molecular complexity index is 134. The van der Waals surface area contributed by atoms with E-state index >= 15 is 0 Å². The van der Waals surface area contributed by atoms with Gasteiger partial charge in [0.05, 0.1) is 6.04 Å². The molecule has 0 aromatic heterocycles. The van der Waals surface area contributed by atoms with Crippen molar-refractivity contribution >= 4 is 17.1 Å². The molecule has 2 N–H and O–H groups in total. The summed E-state index contributed by atoms with van der Waals surface area (Å²) in [5.41, 5.74) is 0. The molecule has 1 heterocycles. The Labute approximate surface area is 71.4 Å². The van der Waals surface area contributed by atoms with Gasteiger partial charge in [-0.15, -0.1) is 0 Å². The van der Waals surface area contributed by atoms with Crippen molar-refractivity contribution in [2.75, 3.05) is 13.1 Å². The smallest absolute Gasteiger partial charge is 0.220 e. The van der Waals surface area contributed by atoms with Gasteiger partial charge in [-0.25, -0.2) is 0 Å². The Kier molecular flexibility index (Phi) is 3.90. The normalized spacial score (nSPS) is 23.9. The second kappa shape index (κ2) is 4.74. The summed E-state index contributed by atoms with van der Waals surface area (Å²) in [5.74, 6) is 0. The van der Waals surface area contributed by atoms with Crippen LogP contribution in [0.2, 0.25) is 0 Å². The minimum absolute atomic E-state index is 0.0963. The van der Waals surface area contributed by atoms with E-state index in [1.165, 1.54) is 11.9 Å². The van der Waals surface area contributed by atoms with Gasteiger partial charge in [0.1, 0.15) is 0 Å². The average Bonchev–Trinajstić information content (AvgIpc) is 2.52. The third-order valence-corrected chi connectivity index (χ3v) is 2.58. The fourth-order valence-electron chi connectivity index (χ4n) is 1.10. The molecule has 0 amide bonds. The molecule has 0 bridgehead atoms. The largest absolute Gasteiger partial charge is 0.307 e. The van der Waals surface area contributed by atoms with Gasteiger partial charge in [-0.1, -0.05) is 6.92 Å². The first-order valence-corrected chi connectivity index (χ1v) is 4.83. The zero-order valence-electron chi connectivity index (χ0n) is 6.72. The maximum absolute atomic E-state index is 11.2. The van der Waals surface area contributed by atoms with Gasteiger partial charge in [-0.05, 0) is 31.3 Å². The first kappa shape index (κ1) is 9.03. The zero-order chi connectivity index (χ0) is 8.10. The number of hydrogen-bond acceptors (Lipinski definition) is 4. The Morgan fingerprint density at radius 3 is 3.18 bits per heavy atom. The van der Waals surface area contributed by atoms with Gasteiger partial charge in [0.15, 0.2) is 0 Å². The summed E-state index contributed by atoms with van der Waals surface area (Å²) >= 11 is 1.22. The van der Waals surface area contributed by atoms with Crippen LogP contribution in [-0.4, -0.2) is 24.2 Å². The minimum Gasteiger partial charge on any atom is -0.307 e. The highest BCUT2D eigenvalue weighted by Crippen LogP contribution is 2.11. The van der Waals surface area contributed by atoms with E-state index in [4.69, 9.17) is 0 Å². The highest BCUT2D eigenvalue weighted by atomic mass is 32.2. The van der Waals surface area contributed by atoms with Gasteiger partial charge >= 0.3 is 0 Å². The van der Waals surface area contributed by atoms with Crippen LogP contribution in [0.5, 0.6) is 0 Å². The van der Waals surface area contributed by atoms with Crippen molar-refractivity contribution in [1.82, 2.24) is 10.0 Å². The molecule has 0 radical (unpaired) electrons. The Balaban J connectivity index is 2.17. The molecular weight excluding hydrogens is 160 g/mol. The van der Waals surface area contributed by atoms with Crippen LogP contribution in [0.15, 0.2) is 0 Å². The van der Waals surface area contributed by atoms with Crippen LogP contribution < -0.4 is 10.0 Å². The third kappa shape index (κ3) is 2.81. The summed E-state index contributed by atoms with van der Waals surface area (Å²) in [6.07, 6.45) is 2.13. The van der Waals surface area contributed by atoms with Crippen LogP contribution in [0.4, 0.5) is 0 Å². The van der Waals surface area contributed by atoms with E-state index in [0.717, 1.165) is 25.9 Å². The first-order chi connectivity index (χ1) is 5.34. The molecule has 0 aromatic carbocycles. The standard InChI is InChI=1S/C7H14N2OS/c1-2-9-11-7(10)6-4-3-5-8-6/h6,8-9H,2-5H2,1H3. The molecule has 0 spiro atoms. The Morgan fingerprint density at radius 1 is 1.82 bits per heavy atom. The molecular formula is C7H14N2OS. The van der Waals surface area contributed by atoms with Gasteiger partial charge in [0, 0.05) is 6.54 Å². The van der Waals surface area contributed by atoms with Gasteiger partial charge in [0.2, 0.25) is 5.12 Å². The van der Waals surface area contributed by atoms with Crippen LogP contribution in [-0.2, 0) is 4.79 Å². The molecule has 1 atom stereocenters. The third-order valence-electron chi connectivity index (χ3n) is 1.66. The zero-order valence-corrected chi connectivity index (χ0v) is 7.54. The molecule has 11 heavy (non-hydrogen) atoms. The van der Waals surface area contributed by atoms with Crippen molar-refractivity contribution in [3.05, 3.63) is 0 Å².